The second-order valence-electron chi connectivity index (χ2n) is 8.94. The Hall–Kier alpha value is -4.02. The summed E-state index contributed by atoms with van der Waals surface area (Å²) in [6, 6.07) is 8.51. The molecule has 0 fully saturated rings. The zero-order chi connectivity index (χ0) is 25.6. The number of carbonyl (C=O) groups excluding carboxylic acids is 1. The molecule has 1 aliphatic heterocycles. The Kier molecular flexibility index (Phi) is 5.85. The van der Waals surface area contributed by atoms with Crippen LogP contribution in [0, 0.1) is 20.8 Å². The topological polar surface area (TPSA) is 89.9 Å². The summed E-state index contributed by atoms with van der Waals surface area (Å²) in [7, 11) is 0. The fraction of sp³-hybridized carbons (Fsp3) is 0.320. The van der Waals surface area contributed by atoms with Crippen molar-refractivity contribution in [2.45, 2.75) is 52.0 Å². The van der Waals surface area contributed by atoms with Gasteiger partial charge in [-0.2, -0.15) is 23.4 Å². The zero-order valence-corrected chi connectivity index (χ0v) is 19.9. The number of rotatable bonds is 5. The lowest BCUT2D eigenvalue weighted by Crippen LogP contribution is -2.36. The summed E-state index contributed by atoms with van der Waals surface area (Å²) in [6.45, 7) is 6.16. The first kappa shape index (κ1) is 23.7. The van der Waals surface area contributed by atoms with Crippen molar-refractivity contribution in [2.75, 3.05) is 10.6 Å². The number of benzene rings is 1. The van der Waals surface area contributed by atoms with Gasteiger partial charge in [-0.3, -0.25) is 9.48 Å². The molecule has 1 aliphatic rings. The third kappa shape index (κ3) is 4.25. The third-order valence-corrected chi connectivity index (χ3v) is 6.57. The highest BCUT2D eigenvalue weighted by molar-refractivity contribution is 6.08. The smallest absolute Gasteiger partial charge is 0.410 e. The van der Waals surface area contributed by atoms with Gasteiger partial charge < -0.3 is 15.1 Å². The van der Waals surface area contributed by atoms with E-state index in [1.807, 2.05) is 38.1 Å². The second-order valence-corrected chi connectivity index (χ2v) is 8.94. The minimum atomic E-state index is -4.55. The van der Waals surface area contributed by atoms with Crippen LogP contribution in [0.5, 0.6) is 0 Å². The SMILES string of the molecule is Cc1ccccc1Cn1nc(C)c(NC(=O)c2cnn3c2NC(c2ccco2)CC3C(F)(F)F)c1C. The number of halogens is 3. The molecule has 2 atom stereocenters. The number of furan rings is 1. The normalized spacial score (nSPS) is 17.5. The van der Waals surface area contributed by atoms with Gasteiger partial charge >= 0.3 is 6.18 Å². The van der Waals surface area contributed by atoms with Crippen LogP contribution in [0.25, 0.3) is 0 Å². The molecule has 2 unspecified atom stereocenters. The second kappa shape index (κ2) is 8.89. The van der Waals surface area contributed by atoms with Gasteiger partial charge in [-0.15, -0.1) is 0 Å². The van der Waals surface area contributed by atoms with Crippen LogP contribution in [0.3, 0.4) is 0 Å². The highest BCUT2D eigenvalue weighted by atomic mass is 19.4. The molecule has 11 heteroatoms. The highest BCUT2D eigenvalue weighted by Crippen LogP contribution is 2.44. The van der Waals surface area contributed by atoms with Gasteiger partial charge in [-0.1, -0.05) is 24.3 Å². The first-order valence-corrected chi connectivity index (χ1v) is 11.5. The van der Waals surface area contributed by atoms with Crippen molar-refractivity contribution < 1.29 is 22.4 Å². The molecular weight excluding hydrogens is 473 g/mol. The van der Waals surface area contributed by atoms with Crippen molar-refractivity contribution >= 4 is 17.4 Å². The molecule has 0 radical (unpaired) electrons. The average molecular weight is 499 g/mol. The quantitative estimate of drug-likeness (QED) is 0.376. The molecule has 8 nitrogen and oxygen atoms in total. The highest BCUT2D eigenvalue weighted by Gasteiger charge is 2.47. The Morgan fingerprint density at radius 2 is 1.97 bits per heavy atom. The van der Waals surface area contributed by atoms with Crippen molar-refractivity contribution in [1.29, 1.82) is 0 Å². The lowest BCUT2D eigenvalue weighted by Gasteiger charge is -2.32. The Morgan fingerprint density at radius 3 is 2.67 bits per heavy atom. The van der Waals surface area contributed by atoms with E-state index >= 15 is 0 Å². The number of aryl methyl sites for hydroxylation is 2. The lowest BCUT2D eigenvalue weighted by molar-refractivity contribution is -0.174. The van der Waals surface area contributed by atoms with E-state index in [-0.39, 0.29) is 17.8 Å². The van der Waals surface area contributed by atoms with Crippen molar-refractivity contribution in [3.8, 4) is 0 Å². The van der Waals surface area contributed by atoms with E-state index in [9.17, 15) is 18.0 Å². The minimum absolute atomic E-state index is 0.00552. The summed E-state index contributed by atoms with van der Waals surface area (Å²) in [4.78, 5) is 13.3. The molecule has 0 saturated carbocycles. The van der Waals surface area contributed by atoms with Crippen molar-refractivity contribution in [3.05, 3.63) is 82.7 Å². The van der Waals surface area contributed by atoms with Gasteiger partial charge in [0.2, 0.25) is 0 Å². The average Bonchev–Trinajstić information content (AvgIpc) is 3.56. The van der Waals surface area contributed by atoms with Crippen molar-refractivity contribution in [2.24, 2.45) is 0 Å². The van der Waals surface area contributed by atoms with Crippen LogP contribution in [0.15, 0.2) is 53.3 Å². The Bertz CT molecular complexity index is 1400. The Balaban J connectivity index is 1.44. The Labute approximate surface area is 205 Å². The van der Waals surface area contributed by atoms with Gasteiger partial charge in [-0.05, 0) is 44.0 Å². The number of fused-ring (bicyclic) bond motifs is 1. The van der Waals surface area contributed by atoms with Gasteiger partial charge in [0, 0.05) is 6.42 Å². The summed E-state index contributed by atoms with van der Waals surface area (Å²) in [5.74, 6) is -0.233. The van der Waals surface area contributed by atoms with E-state index in [4.69, 9.17) is 4.42 Å². The molecule has 1 aromatic carbocycles. The van der Waals surface area contributed by atoms with E-state index in [1.54, 1.807) is 23.7 Å². The van der Waals surface area contributed by atoms with Gasteiger partial charge in [-0.25, -0.2) is 4.68 Å². The molecule has 0 aliphatic carbocycles. The first-order valence-electron chi connectivity index (χ1n) is 11.5. The van der Waals surface area contributed by atoms with Crippen LogP contribution >= 0.6 is 0 Å². The maximum atomic E-state index is 13.9. The largest absolute Gasteiger partial charge is 0.467 e. The molecule has 4 heterocycles. The van der Waals surface area contributed by atoms with E-state index in [1.165, 1.54) is 6.26 Å². The fourth-order valence-electron chi connectivity index (χ4n) is 4.57. The number of aromatic nitrogens is 4. The summed E-state index contributed by atoms with van der Waals surface area (Å²) in [5.41, 5.74) is 4.08. The molecule has 2 N–H and O–H groups in total. The summed E-state index contributed by atoms with van der Waals surface area (Å²) < 4.78 is 49.6. The zero-order valence-electron chi connectivity index (χ0n) is 19.9. The molecule has 188 valence electrons. The van der Waals surface area contributed by atoms with Gasteiger partial charge in [0.25, 0.3) is 5.91 Å². The molecule has 5 rings (SSSR count). The Morgan fingerprint density at radius 1 is 1.19 bits per heavy atom. The van der Waals surface area contributed by atoms with Crippen LogP contribution in [0.4, 0.5) is 24.7 Å². The molecule has 0 spiro atoms. The summed E-state index contributed by atoms with van der Waals surface area (Å²) >= 11 is 0. The predicted molar refractivity (Wildman–Crippen MR) is 127 cm³/mol. The number of hydrogen-bond donors (Lipinski definition) is 2. The molecule has 3 aromatic heterocycles. The van der Waals surface area contributed by atoms with Crippen LogP contribution in [-0.4, -0.2) is 31.6 Å². The van der Waals surface area contributed by atoms with Gasteiger partial charge in [0.15, 0.2) is 6.04 Å². The lowest BCUT2D eigenvalue weighted by atomic mass is 10.0. The summed E-state index contributed by atoms with van der Waals surface area (Å²) in [6.07, 6.45) is -2.30. The van der Waals surface area contributed by atoms with Crippen LogP contribution < -0.4 is 10.6 Å². The number of carbonyl (C=O) groups is 1. The summed E-state index contributed by atoms with van der Waals surface area (Å²) in [5, 5.41) is 14.3. The van der Waals surface area contributed by atoms with Crippen molar-refractivity contribution in [1.82, 2.24) is 19.6 Å². The fourth-order valence-corrected chi connectivity index (χ4v) is 4.57. The number of hydrogen-bond acceptors (Lipinski definition) is 5. The van der Waals surface area contributed by atoms with Gasteiger partial charge in [0.1, 0.15) is 17.1 Å². The number of nitrogens with zero attached hydrogens (tertiary/aromatic N) is 4. The van der Waals surface area contributed by atoms with Crippen LogP contribution in [-0.2, 0) is 6.54 Å². The van der Waals surface area contributed by atoms with Crippen LogP contribution in [0.2, 0.25) is 0 Å². The molecule has 4 aromatic rings. The number of alkyl halides is 3. The monoisotopic (exact) mass is 498 g/mol. The number of anilines is 2. The predicted octanol–water partition coefficient (Wildman–Crippen LogP) is 5.56. The van der Waals surface area contributed by atoms with Crippen molar-refractivity contribution in [3.63, 3.8) is 0 Å². The molecule has 0 bridgehead atoms. The minimum Gasteiger partial charge on any atom is -0.467 e. The molecule has 36 heavy (non-hydrogen) atoms. The third-order valence-electron chi connectivity index (χ3n) is 6.57. The van der Waals surface area contributed by atoms with E-state index in [0.717, 1.165) is 27.7 Å². The van der Waals surface area contributed by atoms with E-state index < -0.39 is 24.2 Å². The molecule has 1 amide bonds. The van der Waals surface area contributed by atoms with Crippen LogP contribution in [0.1, 0.15) is 57.1 Å². The van der Waals surface area contributed by atoms with Gasteiger partial charge in [0.05, 0.1) is 42.1 Å². The number of amides is 1. The van der Waals surface area contributed by atoms with E-state index in [2.05, 4.69) is 20.8 Å². The maximum absolute atomic E-state index is 13.9. The standard InChI is InChI=1S/C25H25F3N6O2/c1-14-7-4-5-8-17(14)13-33-16(3)22(15(2)32-33)31-24(35)18-12-29-34-21(25(26,27)28)11-19(30-23(18)34)20-9-6-10-36-20/h4-10,12,19,21,30H,11,13H2,1-3H3,(H,31,35). The maximum Gasteiger partial charge on any atom is 0.410 e. The number of nitrogens with one attached hydrogen (secondary N) is 2. The van der Waals surface area contributed by atoms with E-state index in [0.29, 0.717) is 23.7 Å². The first-order chi connectivity index (χ1) is 17.1. The molecule has 0 saturated heterocycles. The molecular formula is C25H25F3N6O2.